The van der Waals surface area contributed by atoms with Crippen molar-refractivity contribution in [3.63, 3.8) is 0 Å². The lowest BCUT2D eigenvalue weighted by atomic mass is 10.1. The number of amides is 1. The smallest absolute Gasteiger partial charge is 0.273 e. The number of carbonyl (C=O) groups is 1. The molecule has 32 heavy (non-hydrogen) atoms. The molecular weight excluding hydrogens is 408 g/mol. The van der Waals surface area contributed by atoms with Crippen LogP contribution in [0.25, 0.3) is 11.3 Å². The van der Waals surface area contributed by atoms with Crippen LogP contribution >= 0.6 is 0 Å². The fourth-order valence-electron chi connectivity index (χ4n) is 3.66. The van der Waals surface area contributed by atoms with E-state index >= 15 is 0 Å². The van der Waals surface area contributed by atoms with Gasteiger partial charge in [-0.15, -0.1) is 0 Å². The van der Waals surface area contributed by atoms with Gasteiger partial charge in [-0.1, -0.05) is 17.3 Å². The highest BCUT2D eigenvalue weighted by atomic mass is 16.5. The zero-order chi connectivity index (χ0) is 22.2. The molecule has 1 N–H and O–H groups in total. The molecule has 0 radical (unpaired) electrons. The van der Waals surface area contributed by atoms with E-state index in [0.29, 0.717) is 25.0 Å². The Balaban J connectivity index is 1.25. The van der Waals surface area contributed by atoms with Gasteiger partial charge in [0.1, 0.15) is 12.4 Å². The van der Waals surface area contributed by atoms with Crippen LogP contribution in [0.5, 0.6) is 5.75 Å². The van der Waals surface area contributed by atoms with Gasteiger partial charge in [0.15, 0.2) is 11.5 Å². The number of nitrogens with zero attached hydrogens (tertiary/aromatic N) is 3. The number of rotatable bonds is 9. The van der Waals surface area contributed by atoms with Crippen molar-refractivity contribution in [2.75, 3.05) is 33.4 Å². The van der Waals surface area contributed by atoms with Crippen LogP contribution in [-0.2, 0) is 11.3 Å². The van der Waals surface area contributed by atoms with Gasteiger partial charge in [-0.2, -0.15) is 0 Å². The third-order valence-corrected chi connectivity index (χ3v) is 5.57. The summed E-state index contributed by atoms with van der Waals surface area (Å²) in [5.41, 5.74) is 1.95. The minimum atomic E-state index is -0.298. The maximum atomic E-state index is 12.4. The van der Waals surface area contributed by atoms with E-state index in [2.05, 4.69) is 27.4 Å². The van der Waals surface area contributed by atoms with Gasteiger partial charge in [-0.25, -0.2) is 0 Å². The van der Waals surface area contributed by atoms with E-state index in [4.69, 9.17) is 14.0 Å². The van der Waals surface area contributed by atoms with Crippen molar-refractivity contribution in [1.82, 2.24) is 20.4 Å². The molecule has 0 saturated carbocycles. The largest absolute Gasteiger partial charge is 0.492 e. The maximum Gasteiger partial charge on any atom is 0.273 e. The predicted octanol–water partition coefficient (Wildman–Crippen LogP) is 3.16. The van der Waals surface area contributed by atoms with Gasteiger partial charge in [0.2, 0.25) is 0 Å². The zero-order valence-electron chi connectivity index (χ0n) is 18.2. The molecule has 0 unspecified atom stereocenters. The van der Waals surface area contributed by atoms with Crippen molar-refractivity contribution < 1.29 is 18.8 Å². The Morgan fingerprint density at radius 2 is 2.09 bits per heavy atom. The lowest BCUT2D eigenvalue weighted by Gasteiger charge is -2.31. The molecule has 1 aliphatic rings. The molecule has 0 spiro atoms. The average Bonchev–Trinajstić information content (AvgIpc) is 3.34. The van der Waals surface area contributed by atoms with Crippen LogP contribution < -0.4 is 10.1 Å². The second-order valence-electron chi connectivity index (χ2n) is 7.82. The van der Waals surface area contributed by atoms with Gasteiger partial charge in [0.25, 0.3) is 5.91 Å². The normalized spacial score (nSPS) is 14.4. The summed E-state index contributed by atoms with van der Waals surface area (Å²) in [6, 6.07) is 13.6. The van der Waals surface area contributed by atoms with E-state index in [9.17, 15) is 4.79 Å². The molecule has 8 heteroatoms. The van der Waals surface area contributed by atoms with Crippen molar-refractivity contribution in [1.29, 1.82) is 0 Å². The molecule has 3 aromatic rings. The van der Waals surface area contributed by atoms with E-state index in [-0.39, 0.29) is 11.6 Å². The van der Waals surface area contributed by atoms with Gasteiger partial charge < -0.3 is 19.3 Å². The quantitative estimate of drug-likeness (QED) is 0.551. The molecule has 168 valence electrons. The summed E-state index contributed by atoms with van der Waals surface area (Å²) in [7, 11) is 2.13. The highest BCUT2D eigenvalue weighted by Crippen LogP contribution is 2.19. The summed E-state index contributed by atoms with van der Waals surface area (Å²) in [6.07, 6.45) is 5.48. The standard InChI is InChI=1S/C24H28N4O4/c1-28(20-7-11-30-12-8-20)10-13-31-21-6-2-4-18(14-21)16-26-24(29)22-15-23(32-27-22)19-5-3-9-25-17-19/h2-6,9,14-15,17,20H,7-8,10-13,16H2,1H3,(H,26,29). The minimum absolute atomic E-state index is 0.229. The lowest BCUT2D eigenvalue weighted by molar-refractivity contribution is 0.0392. The number of aromatic nitrogens is 2. The van der Waals surface area contributed by atoms with Crippen LogP contribution in [0.15, 0.2) is 59.4 Å². The number of nitrogens with one attached hydrogen (secondary N) is 1. The highest BCUT2D eigenvalue weighted by Gasteiger charge is 2.18. The first-order chi connectivity index (χ1) is 15.7. The van der Waals surface area contributed by atoms with Crippen LogP contribution in [0.1, 0.15) is 28.9 Å². The summed E-state index contributed by atoms with van der Waals surface area (Å²) in [5, 5.41) is 6.74. The Morgan fingerprint density at radius 3 is 2.91 bits per heavy atom. The first kappa shape index (κ1) is 22.0. The van der Waals surface area contributed by atoms with E-state index < -0.39 is 0 Å². The number of ether oxygens (including phenoxy) is 2. The highest BCUT2D eigenvalue weighted by molar-refractivity contribution is 5.93. The van der Waals surface area contributed by atoms with Crippen LogP contribution in [-0.4, -0.2) is 60.4 Å². The molecule has 0 atom stereocenters. The van der Waals surface area contributed by atoms with Gasteiger partial charge in [-0.05, 0) is 49.7 Å². The number of hydrogen-bond donors (Lipinski definition) is 1. The maximum absolute atomic E-state index is 12.4. The van der Waals surface area contributed by atoms with E-state index in [1.807, 2.05) is 30.3 Å². The van der Waals surface area contributed by atoms with E-state index in [0.717, 1.165) is 49.5 Å². The van der Waals surface area contributed by atoms with Crippen molar-refractivity contribution >= 4 is 5.91 Å². The first-order valence-electron chi connectivity index (χ1n) is 10.8. The summed E-state index contributed by atoms with van der Waals surface area (Å²) in [4.78, 5) is 18.8. The van der Waals surface area contributed by atoms with Crippen molar-refractivity contribution in [2.45, 2.75) is 25.4 Å². The molecule has 1 saturated heterocycles. The van der Waals surface area contributed by atoms with Gasteiger partial charge in [0.05, 0.1) is 0 Å². The van der Waals surface area contributed by atoms with Crippen LogP contribution in [0.3, 0.4) is 0 Å². The fourth-order valence-corrected chi connectivity index (χ4v) is 3.66. The third-order valence-electron chi connectivity index (χ3n) is 5.57. The molecule has 0 bridgehead atoms. The number of likely N-dealkylation sites (N-methyl/N-ethyl adjacent to an activating group) is 1. The second kappa shape index (κ2) is 10.9. The Morgan fingerprint density at radius 1 is 1.22 bits per heavy atom. The number of benzene rings is 1. The average molecular weight is 437 g/mol. The third kappa shape index (κ3) is 5.93. The molecule has 1 amide bonds. The van der Waals surface area contributed by atoms with Crippen LogP contribution in [0.2, 0.25) is 0 Å². The predicted molar refractivity (Wildman–Crippen MR) is 119 cm³/mol. The number of carbonyl (C=O) groups excluding carboxylic acids is 1. The van der Waals surface area contributed by atoms with Crippen LogP contribution in [0.4, 0.5) is 0 Å². The summed E-state index contributed by atoms with van der Waals surface area (Å²) in [5.74, 6) is 0.995. The molecule has 3 heterocycles. The number of hydrogen-bond acceptors (Lipinski definition) is 7. The molecular formula is C24H28N4O4. The number of pyridine rings is 1. The van der Waals surface area contributed by atoms with E-state index in [1.165, 1.54) is 0 Å². The van der Waals surface area contributed by atoms with Crippen molar-refractivity contribution in [3.8, 4) is 17.1 Å². The Kier molecular flexibility index (Phi) is 7.47. The Labute approximate surface area is 187 Å². The zero-order valence-corrected chi connectivity index (χ0v) is 18.2. The Bertz CT molecular complexity index is 1000. The van der Waals surface area contributed by atoms with Crippen molar-refractivity contribution in [3.05, 3.63) is 66.1 Å². The van der Waals surface area contributed by atoms with Crippen molar-refractivity contribution in [2.24, 2.45) is 0 Å². The molecule has 2 aromatic heterocycles. The summed E-state index contributed by atoms with van der Waals surface area (Å²) < 4.78 is 16.6. The fraction of sp³-hybridized carbons (Fsp3) is 0.375. The monoisotopic (exact) mass is 436 g/mol. The van der Waals surface area contributed by atoms with Gasteiger partial charge >= 0.3 is 0 Å². The minimum Gasteiger partial charge on any atom is -0.492 e. The molecule has 0 aliphatic carbocycles. The van der Waals surface area contributed by atoms with Crippen LogP contribution in [0, 0.1) is 0 Å². The molecule has 4 rings (SSSR count). The summed E-state index contributed by atoms with van der Waals surface area (Å²) >= 11 is 0. The lowest BCUT2D eigenvalue weighted by Crippen LogP contribution is -2.38. The molecule has 1 aliphatic heterocycles. The summed E-state index contributed by atoms with van der Waals surface area (Å²) in [6.45, 7) is 3.51. The van der Waals surface area contributed by atoms with Gasteiger partial charge in [0, 0.05) is 56.4 Å². The van der Waals surface area contributed by atoms with E-state index in [1.54, 1.807) is 24.5 Å². The first-order valence-corrected chi connectivity index (χ1v) is 10.8. The second-order valence-corrected chi connectivity index (χ2v) is 7.82. The molecule has 8 nitrogen and oxygen atoms in total. The topological polar surface area (TPSA) is 89.7 Å². The van der Waals surface area contributed by atoms with Gasteiger partial charge in [-0.3, -0.25) is 14.7 Å². The molecule has 1 aromatic carbocycles. The molecule has 1 fully saturated rings. The SMILES string of the molecule is CN(CCOc1cccc(CNC(=O)c2cc(-c3cccnc3)on2)c1)C1CCOCC1. The Hall–Kier alpha value is -3.23.